The first kappa shape index (κ1) is 11.0. The zero-order chi connectivity index (χ0) is 12.7. The van der Waals surface area contributed by atoms with Gasteiger partial charge in [-0.3, -0.25) is 4.79 Å². The molecule has 3 rings (SSSR count). The summed E-state index contributed by atoms with van der Waals surface area (Å²) >= 11 is 1.16. The molecule has 0 bridgehead atoms. The molecule has 0 saturated carbocycles. The number of imidazole rings is 1. The van der Waals surface area contributed by atoms with E-state index in [0.717, 1.165) is 33.6 Å². The predicted octanol–water partition coefficient (Wildman–Crippen LogP) is 1.73. The van der Waals surface area contributed by atoms with Crippen LogP contribution in [-0.4, -0.2) is 14.5 Å². The number of aromatic amines is 1. The first-order valence-electron chi connectivity index (χ1n) is 5.53. The summed E-state index contributed by atoms with van der Waals surface area (Å²) in [6.07, 6.45) is 0. The summed E-state index contributed by atoms with van der Waals surface area (Å²) in [5.74, 6) is 0.464. The molecule has 3 aromatic rings. The lowest BCUT2D eigenvalue weighted by molar-refractivity contribution is 0.812. The smallest absolute Gasteiger partial charge is 0.304 e. The van der Waals surface area contributed by atoms with Gasteiger partial charge in [-0.25, -0.2) is 4.98 Å². The van der Waals surface area contributed by atoms with Crippen LogP contribution in [0.2, 0.25) is 0 Å². The van der Waals surface area contributed by atoms with Gasteiger partial charge in [0.2, 0.25) is 5.95 Å². The molecular weight excluding hydrogens is 248 g/mol. The third-order valence-corrected chi connectivity index (χ3v) is 3.62. The van der Waals surface area contributed by atoms with E-state index in [1.807, 2.05) is 35.1 Å². The standard InChI is InChI=1S/C12H12N4OS/c1-7-3-2-4-9-10(7)16(11(13)15-9)5-8-6-18-12(17)14-8/h2-4,6H,5H2,1H3,(H2,13,15)(H,14,17). The van der Waals surface area contributed by atoms with Crippen LogP contribution in [0.15, 0.2) is 28.4 Å². The number of hydrogen-bond donors (Lipinski definition) is 2. The van der Waals surface area contributed by atoms with Crippen LogP contribution < -0.4 is 10.6 Å². The molecule has 0 aliphatic carbocycles. The fourth-order valence-electron chi connectivity index (χ4n) is 2.11. The number of fused-ring (bicyclic) bond motifs is 1. The molecular formula is C12H12N4OS. The summed E-state index contributed by atoms with van der Waals surface area (Å²) in [6.45, 7) is 2.56. The lowest BCUT2D eigenvalue weighted by Crippen LogP contribution is -2.07. The van der Waals surface area contributed by atoms with Gasteiger partial charge in [-0.1, -0.05) is 23.5 Å². The molecule has 0 aliphatic rings. The number of benzene rings is 1. The van der Waals surface area contributed by atoms with Crippen molar-refractivity contribution in [1.82, 2.24) is 14.5 Å². The van der Waals surface area contributed by atoms with Gasteiger partial charge in [0.25, 0.3) is 0 Å². The van der Waals surface area contributed by atoms with Gasteiger partial charge < -0.3 is 15.3 Å². The van der Waals surface area contributed by atoms with Gasteiger partial charge in [-0.15, -0.1) is 0 Å². The molecule has 0 fully saturated rings. The quantitative estimate of drug-likeness (QED) is 0.736. The maximum Gasteiger partial charge on any atom is 0.304 e. The largest absolute Gasteiger partial charge is 0.369 e. The van der Waals surface area contributed by atoms with Crippen LogP contribution in [0, 0.1) is 6.92 Å². The number of aryl methyl sites for hydroxylation is 1. The minimum Gasteiger partial charge on any atom is -0.369 e. The van der Waals surface area contributed by atoms with E-state index >= 15 is 0 Å². The second kappa shape index (κ2) is 3.99. The number of hydrogen-bond acceptors (Lipinski definition) is 4. The zero-order valence-electron chi connectivity index (χ0n) is 9.80. The molecule has 5 nitrogen and oxygen atoms in total. The van der Waals surface area contributed by atoms with Gasteiger partial charge in [-0.2, -0.15) is 0 Å². The fraction of sp³-hybridized carbons (Fsp3) is 0.167. The number of rotatable bonds is 2. The SMILES string of the molecule is Cc1cccc2nc(N)n(Cc3csc(=O)[nH]3)c12. The Hall–Kier alpha value is -2.08. The second-order valence-corrected chi connectivity index (χ2v) is 5.01. The average molecular weight is 260 g/mol. The third kappa shape index (κ3) is 1.70. The summed E-state index contributed by atoms with van der Waals surface area (Å²) in [5.41, 5.74) is 9.80. The van der Waals surface area contributed by atoms with E-state index < -0.39 is 0 Å². The summed E-state index contributed by atoms with van der Waals surface area (Å²) in [4.78, 5) is 18.2. The summed E-state index contributed by atoms with van der Waals surface area (Å²) < 4.78 is 1.92. The third-order valence-electron chi connectivity index (χ3n) is 2.90. The lowest BCUT2D eigenvalue weighted by atomic mass is 10.2. The number of nitrogen functional groups attached to an aromatic ring is 1. The molecule has 0 amide bonds. The van der Waals surface area contributed by atoms with Crippen molar-refractivity contribution in [1.29, 1.82) is 0 Å². The predicted molar refractivity (Wildman–Crippen MR) is 72.9 cm³/mol. The Morgan fingerprint density at radius 3 is 3.06 bits per heavy atom. The Kier molecular flexibility index (Phi) is 2.45. The number of aromatic nitrogens is 3. The summed E-state index contributed by atoms with van der Waals surface area (Å²) in [7, 11) is 0. The van der Waals surface area contributed by atoms with Gasteiger partial charge in [0, 0.05) is 11.1 Å². The first-order valence-corrected chi connectivity index (χ1v) is 6.41. The summed E-state index contributed by atoms with van der Waals surface area (Å²) in [6, 6.07) is 5.92. The van der Waals surface area contributed by atoms with Crippen LogP contribution in [-0.2, 0) is 6.54 Å². The van der Waals surface area contributed by atoms with Crippen molar-refractivity contribution >= 4 is 28.3 Å². The summed E-state index contributed by atoms with van der Waals surface area (Å²) in [5, 5.41) is 1.81. The first-order chi connectivity index (χ1) is 8.65. The van der Waals surface area contributed by atoms with Crippen LogP contribution in [0.3, 0.4) is 0 Å². The number of para-hydroxylation sites is 1. The number of nitrogens with zero attached hydrogens (tertiary/aromatic N) is 2. The van der Waals surface area contributed by atoms with Gasteiger partial charge in [0.1, 0.15) is 0 Å². The molecule has 0 saturated heterocycles. The number of thiazole rings is 1. The highest BCUT2D eigenvalue weighted by Crippen LogP contribution is 2.22. The molecule has 18 heavy (non-hydrogen) atoms. The van der Waals surface area contributed by atoms with Crippen molar-refractivity contribution in [3.8, 4) is 0 Å². The maximum atomic E-state index is 11.1. The molecule has 2 heterocycles. The van der Waals surface area contributed by atoms with Crippen molar-refractivity contribution in [3.05, 3.63) is 44.5 Å². The van der Waals surface area contributed by atoms with Gasteiger partial charge in [0.05, 0.1) is 17.6 Å². The molecule has 2 aromatic heterocycles. The molecule has 0 atom stereocenters. The van der Waals surface area contributed by atoms with Crippen molar-refractivity contribution in [2.75, 3.05) is 5.73 Å². The molecule has 92 valence electrons. The van der Waals surface area contributed by atoms with Crippen LogP contribution in [0.1, 0.15) is 11.3 Å². The Bertz CT molecular complexity index is 768. The van der Waals surface area contributed by atoms with Crippen LogP contribution in [0.4, 0.5) is 5.95 Å². The van der Waals surface area contributed by atoms with Crippen LogP contribution >= 0.6 is 11.3 Å². The van der Waals surface area contributed by atoms with Crippen LogP contribution in [0.25, 0.3) is 11.0 Å². The van der Waals surface area contributed by atoms with Crippen molar-refractivity contribution < 1.29 is 0 Å². The topological polar surface area (TPSA) is 76.7 Å². The molecule has 0 radical (unpaired) electrons. The molecule has 0 unspecified atom stereocenters. The van der Waals surface area contributed by atoms with E-state index in [1.165, 1.54) is 0 Å². The van der Waals surface area contributed by atoms with Gasteiger partial charge >= 0.3 is 4.87 Å². The van der Waals surface area contributed by atoms with Gasteiger partial charge in [-0.05, 0) is 18.6 Å². The number of H-pyrrole nitrogens is 1. The highest BCUT2D eigenvalue weighted by atomic mass is 32.1. The Balaban J connectivity index is 2.16. The van der Waals surface area contributed by atoms with Crippen LogP contribution in [0.5, 0.6) is 0 Å². The average Bonchev–Trinajstić information content (AvgIpc) is 2.85. The fourth-order valence-corrected chi connectivity index (χ4v) is 2.68. The molecule has 3 N–H and O–H groups in total. The Morgan fingerprint density at radius 1 is 1.50 bits per heavy atom. The van der Waals surface area contributed by atoms with Crippen molar-refractivity contribution in [2.45, 2.75) is 13.5 Å². The van der Waals surface area contributed by atoms with E-state index in [2.05, 4.69) is 9.97 Å². The van der Waals surface area contributed by atoms with E-state index in [1.54, 1.807) is 0 Å². The molecule has 6 heteroatoms. The highest BCUT2D eigenvalue weighted by Gasteiger charge is 2.11. The normalized spacial score (nSPS) is 11.2. The van der Waals surface area contributed by atoms with E-state index in [0.29, 0.717) is 12.5 Å². The highest BCUT2D eigenvalue weighted by molar-refractivity contribution is 7.07. The minimum absolute atomic E-state index is 0.0512. The number of nitrogens with one attached hydrogen (secondary N) is 1. The number of nitrogens with two attached hydrogens (primary N) is 1. The number of anilines is 1. The Morgan fingerprint density at radius 2 is 2.33 bits per heavy atom. The van der Waals surface area contributed by atoms with Crippen molar-refractivity contribution in [2.24, 2.45) is 0 Å². The van der Waals surface area contributed by atoms with Crippen molar-refractivity contribution in [3.63, 3.8) is 0 Å². The monoisotopic (exact) mass is 260 g/mol. The lowest BCUT2D eigenvalue weighted by Gasteiger charge is -2.06. The van der Waals surface area contributed by atoms with Gasteiger partial charge in [0.15, 0.2) is 0 Å². The van der Waals surface area contributed by atoms with E-state index in [9.17, 15) is 4.79 Å². The molecule has 0 aliphatic heterocycles. The second-order valence-electron chi connectivity index (χ2n) is 4.17. The molecule has 0 spiro atoms. The maximum absolute atomic E-state index is 11.1. The zero-order valence-corrected chi connectivity index (χ0v) is 10.6. The van der Waals surface area contributed by atoms with E-state index in [-0.39, 0.29) is 4.87 Å². The molecule has 1 aromatic carbocycles. The Labute approximate surface area is 107 Å². The van der Waals surface area contributed by atoms with E-state index in [4.69, 9.17) is 5.73 Å². The minimum atomic E-state index is -0.0512.